The van der Waals surface area contributed by atoms with E-state index in [1.54, 1.807) is 0 Å². The maximum Gasteiger partial charge on any atom is 0.165 e. The summed E-state index contributed by atoms with van der Waals surface area (Å²) in [5, 5.41) is 11.6. The summed E-state index contributed by atoms with van der Waals surface area (Å²) in [6, 6.07) is 7.80. The summed E-state index contributed by atoms with van der Waals surface area (Å²) in [7, 11) is 0. The molecule has 90 valence electrons. The van der Waals surface area contributed by atoms with Crippen molar-refractivity contribution in [2.75, 3.05) is 0 Å². The first kappa shape index (κ1) is 11.8. The quantitative estimate of drug-likeness (QED) is 0.805. The van der Waals surface area contributed by atoms with Crippen LogP contribution in [0.1, 0.15) is 20.0 Å². The number of aromatic nitrogens is 3. The van der Waals surface area contributed by atoms with Crippen LogP contribution in [0.4, 0.5) is 0 Å². The van der Waals surface area contributed by atoms with Crippen molar-refractivity contribution in [1.29, 1.82) is 0 Å². The molecule has 5 nitrogen and oxygen atoms in total. The molecular weight excluding hydrogens is 234 g/mol. The predicted octanol–water partition coefficient (Wildman–Crippen LogP) is 1.42. The molecule has 1 heterocycles. The first-order chi connectivity index (χ1) is 8.09. The number of nitrogens with two attached hydrogens (primary N) is 1. The number of hydrogen-bond acceptors (Lipinski definition) is 3. The van der Waals surface area contributed by atoms with E-state index in [0.717, 1.165) is 11.0 Å². The van der Waals surface area contributed by atoms with Crippen LogP contribution < -0.4 is 11.1 Å². The lowest BCUT2D eigenvalue weighted by atomic mass is 10.1. The van der Waals surface area contributed by atoms with E-state index in [2.05, 4.69) is 29.5 Å². The van der Waals surface area contributed by atoms with Gasteiger partial charge >= 0.3 is 0 Å². The van der Waals surface area contributed by atoms with Gasteiger partial charge in [0.1, 0.15) is 11.7 Å². The van der Waals surface area contributed by atoms with Crippen molar-refractivity contribution in [2.45, 2.75) is 20.0 Å². The molecule has 0 aliphatic rings. The fraction of sp³-hybridized carbons (Fsp3) is 0.364. The number of nitrogens with zero attached hydrogens (tertiary/aromatic N) is 3. The molecule has 0 saturated heterocycles. The molecule has 0 aliphatic heterocycles. The largest absolute Gasteiger partial charge is 0.376 e. The Morgan fingerprint density at radius 2 is 2.12 bits per heavy atom. The lowest BCUT2D eigenvalue weighted by molar-refractivity contribution is 0.326. The summed E-state index contributed by atoms with van der Waals surface area (Å²) in [6.07, 6.45) is -0.0834. The minimum atomic E-state index is -0.0834. The van der Waals surface area contributed by atoms with Crippen LogP contribution in [-0.2, 0) is 0 Å². The fourth-order valence-corrected chi connectivity index (χ4v) is 1.87. The molecule has 0 spiro atoms. The van der Waals surface area contributed by atoms with Crippen LogP contribution >= 0.6 is 12.2 Å². The number of rotatable bonds is 3. The van der Waals surface area contributed by atoms with Gasteiger partial charge < -0.3 is 11.1 Å². The van der Waals surface area contributed by atoms with Crippen molar-refractivity contribution in [1.82, 2.24) is 20.3 Å². The predicted molar refractivity (Wildman–Crippen MR) is 71.3 cm³/mol. The molecule has 17 heavy (non-hydrogen) atoms. The Kier molecular flexibility index (Phi) is 3.23. The smallest absolute Gasteiger partial charge is 0.165 e. The van der Waals surface area contributed by atoms with Gasteiger partial charge in [-0.25, -0.2) is 4.68 Å². The van der Waals surface area contributed by atoms with E-state index in [9.17, 15) is 0 Å². The Balaban J connectivity index is 2.45. The van der Waals surface area contributed by atoms with Gasteiger partial charge in [0.2, 0.25) is 0 Å². The van der Waals surface area contributed by atoms with Crippen molar-refractivity contribution in [2.24, 2.45) is 11.7 Å². The Labute approximate surface area is 105 Å². The number of hydrogen-bond donors (Lipinski definition) is 2. The van der Waals surface area contributed by atoms with Crippen LogP contribution in [-0.4, -0.2) is 20.1 Å². The molecule has 0 saturated carbocycles. The molecule has 3 N–H and O–H groups in total. The van der Waals surface area contributed by atoms with Gasteiger partial charge in [-0.15, -0.1) is 5.10 Å². The van der Waals surface area contributed by atoms with Crippen LogP contribution in [0.3, 0.4) is 0 Å². The molecule has 2 aromatic rings. The SMILES string of the molecule is CC(C)C(NC(N)=S)n1nnc2ccccc21. The van der Waals surface area contributed by atoms with Crippen LogP contribution in [0.2, 0.25) is 0 Å². The monoisotopic (exact) mass is 249 g/mol. The molecule has 1 atom stereocenters. The third-order valence-corrected chi connectivity index (χ3v) is 2.68. The van der Waals surface area contributed by atoms with Crippen molar-refractivity contribution in [3.05, 3.63) is 24.3 Å². The summed E-state index contributed by atoms with van der Waals surface area (Å²) in [5.74, 6) is 0.293. The van der Waals surface area contributed by atoms with Gasteiger partial charge in [-0.2, -0.15) is 0 Å². The van der Waals surface area contributed by atoms with Crippen LogP contribution in [0.5, 0.6) is 0 Å². The van der Waals surface area contributed by atoms with E-state index in [1.807, 2.05) is 28.9 Å². The van der Waals surface area contributed by atoms with Gasteiger partial charge in [-0.05, 0) is 30.3 Å². The summed E-state index contributed by atoms with van der Waals surface area (Å²) >= 11 is 4.89. The molecule has 1 aromatic carbocycles. The van der Waals surface area contributed by atoms with E-state index in [4.69, 9.17) is 18.0 Å². The van der Waals surface area contributed by atoms with Crippen molar-refractivity contribution < 1.29 is 0 Å². The van der Waals surface area contributed by atoms with E-state index >= 15 is 0 Å². The van der Waals surface area contributed by atoms with Crippen molar-refractivity contribution >= 4 is 28.4 Å². The molecular formula is C11H15N5S. The standard InChI is InChI=1S/C11H15N5S/c1-7(2)10(13-11(12)17)16-9-6-4-3-5-8(9)14-15-16/h3-7,10H,1-2H3,(H3,12,13,17). The summed E-state index contributed by atoms with van der Waals surface area (Å²) < 4.78 is 1.82. The highest BCUT2D eigenvalue weighted by Gasteiger charge is 2.19. The minimum absolute atomic E-state index is 0.0834. The van der Waals surface area contributed by atoms with E-state index in [0.29, 0.717) is 5.92 Å². The number of benzene rings is 1. The number of fused-ring (bicyclic) bond motifs is 1. The van der Waals surface area contributed by atoms with E-state index < -0.39 is 0 Å². The maximum atomic E-state index is 5.54. The minimum Gasteiger partial charge on any atom is -0.376 e. The maximum absolute atomic E-state index is 5.54. The Morgan fingerprint density at radius 1 is 1.41 bits per heavy atom. The number of thiocarbonyl (C=S) groups is 1. The van der Waals surface area contributed by atoms with Crippen molar-refractivity contribution in [3.63, 3.8) is 0 Å². The molecule has 0 radical (unpaired) electrons. The zero-order valence-electron chi connectivity index (χ0n) is 9.79. The lowest BCUT2D eigenvalue weighted by Crippen LogP contribution is -2.39. The normalized spacial score (nSPS) is 12.9. The summed E-state index contributed by atoms with van der Waals surface area (Å²) in [5.41, 5.74) is 7.37. The molecule has 6 heteroatoms. The zero-order chi connectivity index (χ0) is 12.4. The fourth-order valence-electron chi connectivity index (χ4n) is 1.75. The second-order valence-electron chi connectivity index (χ2n) is 4.22. The van der Waals surface area contributed by atoms with Crippen LogP contribution in [0, 0.1) is 5.92 Å². The van der Waals surface area contributed by atoms with Gasteiger partial charge in [0, 0.05) is 0 Å². The summed E-state index contributed by atoms with van der Waals surface area (Å²) in [4.78, 5) is 0. The van der Waals surface area contributed by atoms with Crippen molar-refractivity contribution in [3.8, 4) is 0 Å². The molecule has 0 bridgehead atoms. The highest BCUT2D eigenvalue weighted by molar-refractivity contribution is 7.80. The van der Waals surface area contributed by atoms with Crippen LogP contribution in [0.25, 0.3) is 11.0 Å². The second-order valence-corrected chi connectivity index (χ2v) is 4.66. The van der Waals surface area contributed by atoms with E-state index in [1.165, 1.54) is 0 Å². The first-order valence-electron chi connectivity index (χ1n) is 5.45. The molecule has 2 rings (SSSR count). The Bertz CT molecular complexity index is 533. The number of nitrogens with one attached hydrogen (secondary N) is 1. The molecule has 1 aromatic heterocycles. The topological polar surface area (TPSA) is 68.8 Å². The zero-order valence-corrected chi connectivity index (χ0v) is 10.6. The number of para-hydroxylation sites is 1. The van der Waals surface area contributed by atoms with Gasteiger partial charge in [-0.1, -0.05) is 31.2 Å². The highest BCUT2D eigenvalue weighted by atomic mass is 32.1. The van der Waals surface area contributed by atoms with Gasteiger partial charge in [0.05, 0.1) is 5.52 Å². The van der Waals surface area contributed by atoms with Gasteiger partial charge in [0.15, 0.2) is 5.11 Å². The molecule has 0 amide bonds. The Hall–Kier alpha value is -1.69. The lowest BCUT2D eigenvalue weighted by Gasteiger charge is -2.22. The Morgan fingerprint density at radius 3 is 2.76 bits per heavy atom. The average molecular weight is 249 g/mol. The average Bonchev–Trinajstić information content (AvgIpc) is 2.69. The highest BCUT2D eigenvalue weighted by Crippen LogP contribution is 2.19. The third kappa shape index (κ3) is 2.36. The van der Waals surface area contributed by atoms with Gasteiger partial charge in [0.25, 0.3) is 0 Å². The third-order valence-electron chi connectivity index (χ3n) is 2.56. The van der Waals surface area contributed by atoms with Gasteiger partial charge in [-0.3, -0.25) is 0 Å². The molecule has 0 fully saturated rings. The van der Waals surface area contributed by atoms with Crippen LogP contribution in [0.15, 0.2) is 24.3 Å². The summed E-state index contributed by atoms with van der Waals surface area (Å²) in [6.45, 7) is 4.15. The second kappa shape index (κ2) is 4.67. The van der Waals surface area contributed by atoms with E-state index in [-0.39, 0.29) is 11.3 Å². The molecule has 0 aliphatic carbocycles. The first-order valence-corrected chi connectivity index (χ1v) is 5.86. The molecule has 1 unspecified atom stereocenters.